The number of aliphatic hydroxyl groups excluding tert-OH is 1. The average molecular weight is 307 g/mol. The molecule has 0 aliphatic carbocycles. The Morgan fingerprint density at radius 1 is 1.41 bits per heavy atom. The summed E-state index contributed by atoms with van der Waals surface area (Å²) in [7, 11) is 2.94. The summed E-state index contributed by atoms with van der Waals surface area (Å²) >= 11 is 0. The summed E-state index contributed by atoms with van der Waals surface area (Å²) < 4.78 is 5.54. The fourth-order valence-electron chi connectivity index (χ4n) is 2.10. The van der Waals surface area contributed by atoms with Crippen LogP contribution in [0.25, 0.3) is 0 Å². The van der Waals surface area contributed by atoms with Crippen LogP contribution < -0.4 is 0 Å². The minimum atomic E-state index is -0.793. The van der Waals surface area contributed by atoms with Crippen molar-refractivity contribution in [1.29, 1.82) is 0 Å². The number of hydrogen-bond acceptors (Lipinski definition) is 4. The maximum absolute atomic E-state index is 12.1. The first kappa shape index (κ1) is 18.4. The van der Waals surface area contributed by atoms with Crippen molar-refractivity contribution in [2.45, 2.75) is 25.6 Å². The fraction of sp³-hybridized carbons (Fsp3) is 0.471. The monoisotopic (exact) mass is 307 g/mol. The number of carbonyl (C=O) groups is 1. The molecule has 122 valence electrons. The number of aliphatic hydroxyl groups is 1. The molecule has 0 saturated heterocycles. The van der Waals surface area contributed by atoms with E-state index in [2.05, 4.69) is 6.58 Å². The van der Waals surface area contributed by atoms with Gasteiger partial charge in [0.15, 0.2) is 0 Å². The van der Waals surface area contributed by atoms with Gasteiger partial charge in [-0.3, -0.25) is 9.63 Å². The van der Waals surface area contributed by atoms with E-state index in [9.17, 15) is 9.90 Å². The van der Waals surface area contributed by atoms with Gasteiger partial charge < -0.3 is 9.84 Å². The van der Waals surface area contributed by atoms with Crippen LogP contribution >= 0.6 is 0 Å². The van der Waals surface area contributed by atoms with Gasteiger partial charge in [-0.1, -0.05) is 36.4 Å². The lowest BCUT2D eigenvalue weighted by Crippen LogP contribution is -2.38. The zero-order chi connectivity index (χ0) is 16.4. The fourth-order valence-corrected chi connectivity index (χ4v) is 2.10. The van der Waals surface area contributed by atoms with Gasteiger partial charge in [-0.2, -0.15) is 0 Å². The van der Waals surface area contributed by atoms with Gasteiger partial charge >= 0.3 is 0 Å². The van der Waals surface area contributed by atoms with Crippen LogP contribution in [-0.2, 0) is 21.0 Å². The topological polar surface area (TPSA) is 59.0 Å². The lowest BCUT2D eigenvalue weighted by atomic mass is 9.95. The Balaban J connectivity index is 2.41. The van der Waals surface area contributed by atoms with Gasteiger partial charge in [-0.05, 0) is 18.4 Å². The van der Waals surface area contributed by atoms with E-state index >= 15 is 0 Å². The summed E-state index contributed by atoms with van der Waals surface area (Å²) in [5.41, 5.74) is 1.08. The predicted octanol–water partition coefficient (Wildman–Crippen LogP) is 2.17. The molecule has 1 N–H and O–H groups in total. The summed E-state index contributed by atoms with van der Waals surface area (Å²) in [6, 6.07) is 9.81. The molecule has 0 spiro atoms. The molecule has 0 unspecified atom stereocenters. The van der Waals surface area contributed by atoms with Gasteiger partial charge in [0.25, 0.3) is 5.91 Å². The third kappa shape index (κ3) is 5.97. The first-order chi connectivity index (χ1) is 10.6. The van der Waals surface area contributed by atoms with Crippen LogP contribution in [0.1, 0.15) is 18.4 Å². The molecule has 0 bridgehead atoms. The first-order valence-electron chi connectivity index (χ1n) is 7.32. The van der Waals surface area contributed by atoms with Crippen molar-refractivity contribution in [2.24, 2.45) is 5.92 Å². The van der Waals surface area contributed by atoms with Gasteiger partial charge in [-0.25, -0.2) is 5.06 Å². The van der Waals surface area contributed by atoms with Crippen LogP contribution in [0.3, 0.4) is 0 Å². The number of hydrogen-bond donors (Lipinski definition) is 1. The number of ether oxygens (including phenoxy) is 1. The second-order valence-electron chi connectivity index (χ2n) is 5.04. The summed E-state index contributed by atoms with van der Waals surface area (Å²) in [5, 5.41) is 11.3. The van der Waals surface area contributed by atoms with Crippen molar-refractivity contribution in [3.05, 3.63) is 48.6 Å². The second kappa shape index (κ2) is 10.1. The summed E-state index contributed by atoms with van der Waals surface area (Å²) in [6.07, 6.45) is 1.61. The summed E-state index contributed by atoms with van der Waals surface area (Å²) in [6.45, 7) is 4.51. The molecule has 0 aromatic heterocycles. The minimum absolute atomic E-state index is 0.266. The molecule has 0 radical (unpaired) electrons. The van der Waals surface area contributed by atoms with E-state index in [0.29, 0.717) is 26.1 Å². The largest absolute Gasteiger partial charge is 0.392 e. The highest BCUT2D eigenvalue weighted by Gasteiger charge is 2.28. The Bertz CT molecular complexity index is 449. The Morgan fingerprint density at radius 3 is 2.68 bits per heavy atom. The number of hydroxylamine groups is 2. The highest BCUT2D eigenvalue weighted by molar-refractivity contribution is 5.78. The van der Waals surface area contributed by atoms with Crippen LogP contribution in [0.2, 0.25) is 0 Å². The minimum Gasteiger partial charge on any atom is -0.392 e. The molecule has 0 aliphatic heterocycles. The molecule has 22 heavy (non-hydrogen) atoms. The van der Waals surface area contributed by atoms with Gasteiger partial charge in [0.1, 0.15) is 0 Å². The predicted molar refractivity (Wildman–Crippen MR) is 84.8 cm³/mol. The van der Waals surface area contributed by atoms with Crippen molar-refractivity contribution >= 4 is 5.91 Å². The van der Waals surface area contributed by atoms with Crippen LogP contribution in [0, 0.1) is 5.92 Å². The number of rotatable bonds is 10. The quantitative estimate of drug-likeness (QED) is 0.409. The van der Waals surface area contributed by atoms with Gasteiger partial charge in [0, 0.05) is 13.7 Å². The van der Waals surface area contributed by atoms with E-state index in [0.717, 1.165) is 10.6 Å². The molecule has 0 heterocycles. The van der Waals surface area contributed by atoms with Crippen LogP contribution in [0.5, 0.6) is 0 Å². The van der Waals surface area contributed by atoms with E-state index in [-0.39, 0.29) is 5.91 Å². The Labute approximate surface area is 132 Å². The second-order valence-corrected chi connectivity index (χ2v) is 5.04. The third-order valence-electron chi connectivity index (χ3n) is 3.46. The lowest BCUT2D eigenvalue weighted by Gasteiger charge is -2.24. The van der Waals surface area contributed by atoms with Gasteiger partial charge in [-0.15, -0.1) is 6.58 Å². The summed E-state index contributed by atoms with van der Waals surface area (Å²) in [5.74, 6) is -0.833. The Morgan fingerprint density at radius 2 is 2.09 bits per heavy atom. The SMILES string of the molecule is C=CC[C@@H](C(=O)N(C)OC)[C@@H](O)CCOCc1ccccc1. The molecular formula is C17H25NO4. The highest BCUT2D eigenvalue weighted by atomic mass is 16.7. The molecular weight excluding hydrogens is 282 g/mol. The average Bonchev–Trinajstić information content (AvgIpc) is 2.56. The lowest BCUT2D eigenvalue weighted by molar-refractivity contribution is -0.177. The van der Waals surface area contributed by atoms with Crippen molar-refractivity contribution in [3.63, 3.8) is 0 Å². The Hall–Kier alpha value is -1.69. The van der Waals surface area contributed by atoms with Crippen LogP contribution in [-0.4, -0.2) is 42.9 Å². The molecule has 0 fully saturated rings. The van der Waals surface area contributed by atoms with Crippen LogP contribution in [0.4, 0.5) is 0 Å². The van der Waals surface area contributed by atoms with Gasteiger partial charge in [0.05, 0.1) is 25.7 Å². The standard InChI is InChI=1S/C17H25NO4/c1-4-8-15(17(20)18(2)21-3)16(19)11-12-22-13-14-9-6-5-7-10-14/h4-7,9-10,15-16,19H,1,8,11-13H2,2-3H3/t15-,16+/m1/s1. The van der Waals surface area contributed by atoms with E-state index in [4.69, 9.17) is 9.57 Å². The molecule has 1 aromatic carbocycles. The van der Waals surface area contributed by atoms with Crippen molar-refractivity contribution in [1.82, 2.24) is 5.06 Å². The third-order valence-corrected chi connectivity index (χ3v) is 3.46. The number of allylic oxidation sites excluding steroid dienone is 1. The molecule has 5 heteroatoms. The van der Waals surface area contributed by atoms with Crippen molar-refractivity contribution in [3.8, 4) is 0 Å². The molecule has 0 saturated carbocycles. The maximum atomic E-state index is 12.1. The molecule has 2 atom stereocenters. The normalized spacial score (nSPS) is 13.4. The van der Waals surface area contributed by atoms with E-state index in [1.54, 1.807) is 6.08 Å². The first-order valence-corrected chi connectivity index (χ1v) is 7.32. The zero-order valence-corrected chi connectivity index (χ0v) is 13.3. The number of carbonyl (C=O) groups excluding carboxylic acids is 1. The number of nitrogens with zero attached hydrogens (tertiary/aromatic N) is 1. The molecule has 1 aromatic rings. The summed E-state index contributed by atoms with van der Waals surface area (Å²) in [4.78, 5) is 17.0. The number of amides is 1. The van der Waals surface area contributed by atoms with Crippen LogP contribution in [0.15, 0.2) is 43.0 Å². The maximum Gasteiger partial charge on any atom is 0.251 e. The molecule has 0 aliphatic rings. The van der Waals surface area contributed by atoms with Gasteiger partial charge in [0.2, 0.25) is 0 Å². The van der Waals surface area contributed by atoms with Crippen molar-refractivity contribution < 1.29 is 19.5 Å². The Kier molecular flexibility index (Phi) is 8.43. The zero-order valence-electron chi connectivity index (χ0n) is 13.3. The molecule has 5 nitrogen and oxygen atoms in total. The van der Waals surface area contributed by atoms with E-state index < -0.39 is 12.0 Å². The molecule has 1 amide bonds. The van der Waals surface area contributed by atoms with Crippen molar-refractivity contribution in [2.75, 3.05) is 20.8 Å². The number of benzene rings is 1. The highest BCUT2D eigenvalue weighted by Crippen LogP contribution is 2.16. The molecule has 1 rings (SSSR count). The van der Waals surface area contributed by atoms with E-state index in [1.165, 1.54) is 14.2 Å². The van der Waals surface area contributed by atoms with E-state index in [1.807, 2.05) is 30.3 Å². The smallest absolute Gasteiger partial charge is 0.251 e.